The van der Waals surface area contributed by atoms with Gasteiger partial charge in [0, 0.05) is 31.0 Å². The number of aromatic amines is 1. The van der Waals surface area contributed by atoms with Crippen LogP contribution in [0.15, 0.2) is 24.3 Å². The maximum absolute atomic E-state index is 13.7. The van der Waals surface area contributed by atoms with Gasteiger partial charge in [-0.05, 0) is 18.2 Å². The Bertz CT molecular complexity index is 757. The topological polar surface area (TPSA) is 82.6 Å². The lowest BCUT2D eigenvalue weighted by Gasteiger charge is -2.22. The molecule has 116 valence electrons. The third-order valence-electron chi connectivity index (χ3n) is 4.14. The van der Waals surface area contributed by atoms with Crippen molar-refractivity contribution in [2.75, 3.05) is 20.2 Å². The van der Waals surface area contributed by atoms with E-state index in [1.807, 2.05) is 0 Å². The van der Waals surface area contributed by atoms with E-state index in [1.54, 1.807) is 12.1 Å². The zero-order valence-electron chi connectivity index (χ0n) is 11.9. The van der Waals surface area contributed by atoms with Gasteiger partial charge in [0.2, 0.25) is 0 Å². The summed E-state index contributed by atoms with van der Waals surface area (Å²) in [5, 5.41) is 9.60. The van der Waals surface area contributed by atoms with Crippen molar-refractivity contribution in [3.63, 3.8) is 0 Å². The summed E-state index contributed by atoms with van der Waals surface area (Å²) in [5.74, 6) is -1.87. The second-order valence-electron chi connectivity index (χ2n) is 5.36. The number of nitrogens with zero attached hydrogens (tertiary/aromatic N) is 1. The first-order chi connectivity index (χ1) is 10.5. The fourth-order valence-corrected chi connectivity index (χ4v) is 2.79. The molecule has 7 heteroatoms. The number of aromatic nitrogens is 1. The Hall–Kier alpha value is -2.41. The summed E-state index contributed by atoms with van der Waals surface area (Å²) >= 11 is 0. The first-order valence-electron chi connectivity index (χ1n) is 6.82. The second-order valence-corrected chi connectivity index (χ2v) is 5.36. The molecule has 1 atom stereocenters. The average molecular weight is 306 g/mol. The number of halogens is 1. The predicted molar refractivity (Wildman–Crippen MR) is 76.2 cm³/mol. The molecular formula is C15H15FN2O4. The molecule has 1 aromatic heterocycles. The third kappa shape index (κ3) is 2.14. The summed E-state index contributed by atoms with van der Waals surface area (Å²) < 4.78 is 18.8. The van der Waals surface area contributed by atoms with E-state index in [-0.39, 0.29) is 31.1 Å². The molecule has 22 heavy (non-hydrogen) atoms. The number of aliphatic carboxylic acids is 1. The first kappa shape index (κ1) is 14.5. The van der Waals surface area contributed by atoms with Gasteiger partial charge in [-0.15, -0.1) is 0 Å². The predicted octanol–water partition coefficient (Wildman–Crippen LogP) is 1.62. The van der Waals surface area contributed by atoms with Gasteiger partial charge in [0.15, 0.2) is 5.60 Å². The highest BCUT2D eigenvalue weighted by Gasteiger charge is 2.47. The molecule has 0 bridgehead atoms. The highest BCUT2D eigenvalue weighted by Crippen LogP contribution is 2.27. The first-order valence-corrected chi connectivity index (χ1v) is 6.82. The number of fused-ring (bicyclic) bond motifs is 1. The molecule has 2 N–H and O–H groups in total. The van der Waals surface area contributed by atoms with Gasteiger partial charge < -0.3 is 19.7 Å². The number of likely N-dealkylation sites (tertiary alicyclic amines) is 1. The summed E-state index contributed by atoms with van der Waals surface area (Å²) in [6.07, 6.45) is 0.221. The van der Waals surface area contributed by atoms with E-state index in [9.17, 15) is 19.1 Å². The van der Waals surface area contributed by atoms with Crippen molar-refractivity contribution < 1.29 is 23.8 Å². The zero-order valence-corrected chi connectivity index (χ0v) is 11.9. The molecule has 2 heterocycles. The van der Waals surface area contributed by atoms with Gasteiger partial charge >= 0.3 is 5.97 Å². The quantitative estimate of drug-likeness (QED) is 0.903. The fraction of sp³-hybridized carbons (Fsp3) is 0.333. The van der Waals surface area contributed by atoms with Crippen molar-refractivity contribution in [3.05, 3.63) is 35.8 Å². The van der Waals surface area contributed by atoms with Crippen LogP contribution in [0.2, 0.25) is 0 Å². The molecule has 1 saturated heterocycles. The SMILES string of the molecule is COC1(C(=O)O)CCN(C(=O)c2cc3c(F)cccc3[nH]2)C1. The standard InChI is InChI=1S/C15H15FN2O4/c1-22-15(14(20)21)5-6-18(8-15)13(19)12-7-9-10(16)3-2-4-11(9)17-12/h2-4,7,17H,5-6,8H2,1H3,(H,20,21). The van der Waals surface area contributed by atoms with E-state index in [2.05, 4.69) is 4.98 Å². The van der Waals surface area contributed by atoms with Crippen molar-refractivity contribution in [2.45, 2.75) is 12.0 Å². The molecule has 2 aromatic rings. The largest absolute Gasteiger partial charge is 0.479 e. The van der Waals surface area contributed by atoms with E-state index in [4.69, 9.17) is 4.74 Å². The molecule has 1 aliphatic heterocycles. The van der Waals surface area contributed by atoms with Crippen LogP contribution in [0.4, 0.5) is 4.39 Å². The molecule has 1 fully saturated rings. The van der Waals surface area contributed by atoms with Crippen molar-refractivity contribution in [3.8, 4) is 0 Å². The number of hydrogen-bond donors (Lipinski definition) is 2. The van der Waals surface area contributed by atoms with Crippen LogP contribution in [0.3, 0.4) is 0 Å². The Kier molecular flexibility index (Phi) is 3.37. The Labute approximate surface area is 125 Å². The van der Waals surface area contributed by atoms with Crippen molar-refractivity contribution in [1.82, 2.24) is 9.88 Å². The second kappa shape index (κ2) is 5.10. The van der Waals surface area contributed by atoms with E-state index in [1.165, 1.54) is 24.1 Å². The monoisotopic (exact) mass is 306 g/mol. The average Bonchev–Trinajstić information content (AvgIpc) is 3.12. The summed E-state index contributed by atoms with van der Waals surface area (Å²) in [4.78, 5) is 28.1. The van der Waals surface area contributed by atoms with Crippen LogP contribution in [0.5, 0.6) is 0 Å². The minimum atomic E-state index is -1.37. The van der Waals surface area contributed by atoms with Crippen molar-refractivity contribution in [2.24, 2.45) is 0 Å². The molecule has 0 spiro atoms. The zero-order chi connectivity index (χ0) is 15.9. The maximum Gasteiger partial charge on any atom is 0.337 e. The number of hydrogen-bond acceptors (Lipinski definition) is 3. The summed E-state index contributed by atoms with van der Waals surface area (Å²) in [6, 6.07) is 6.00. The number of benzene rings is 1. The van der Waals surface area contributed by atoms with Gasteiger partial charge in [-0.25, -0.2) is 9.18 Å². The Morgan fingerprint density at radius 3 is 2.82 bits per heavy atom. The summed E-state index contributed by atoms with van der Waals surface area (Å²) in [5.41, 5.74) is -0.608. The van der Waals surface area contributed by atoms with Crippen LogP contribution in [-0.2, 0) is 9.53 Å². The van der Waals surface area contributed by atoms with Crippen LogP contribution >= 0.6 is 0 Å². The van der Waals surface area contributed by atoms with Gasteiger partial charge in [0.1, 0.15) is 11.5 Å². The van der Waals surface area contributed by atoms with E-state index in [0.717, 1.165) is 0 Å². The number of nitrogens with one attached hydrogen (secondary N) is 1. The number of carbonyl (C=O) groups is 2. The molecular weight excluding hydrogens is 291 g/mol. The van der Waals surface area contributed by atoms with E-state index in [0.29, 0.717) is 10.9 Å². The van der Waals surface area contributed by atoms with Crippen LogP contribution < -0.4 is 0 Å². The molecule has 1 aromatic carbocycles. The molecule has 1 aliphatic rings. The Balaban J connectivity index is 1.88. The van der Waals surface area contributed by atoms with Crippen molar-refractivity contribution >= 4 is 22.8 Å². The Morgan fingerprint density at radius 1 is 1.45 bits per heavy atom. The number of carboxylic acids is 1. The highest BCUT2D eigenvalue weighted by molar-refractivity contribution is 5.98. The van der Waals surface area contributed by atoms with E-state index >= 15 is 0 Å². The fourth-order valence-electron chi connectivity index (χ4n) is 2.79. The molecule has 6 nitrogen and oxygen atoms in total. The van der Waals surface area contributed by atoms with Crippen LogP contribution in [0.25, 0.3) is 10.9 Å². The smallest absolute Gasteiger partial charge is 0.337 e. The number of ether oxygens (including phenoxy) is 1. The normalized spacial score (nSPS) is 21.5. The molecule has 0 saturated carbocycles. The van der Waals surface area contributed by atoms with E-state index < -0.39 is 17.4 Å². The van der Waals surface area contributed by atoms with Gasteiger partial charge in [-0.2, -0.15) is 0 Å². The van der Waals surface area contributed by atoms with Gasteiger partial charge in [-0.3, -0.25) is 4.79 Å². The molecule has 1 amide bonds. The lowest BCUT2D eigenvalue weighted by atomic mass is 10.0. The van der Waals surface area contributed by atoms with Crippen molar-refractivity contribution in [1.29, 1.82) is 0 Å². The summed E-state index contributed by atoms with van der Waals surface area (Å²) in [6.45, 7) is 0.242. The van der Waals surface area contributed by atoms with Crippen LogP contribution in [0.1, 0.15) is 16.9 Å². The van der Waals surface area contributed by atoms with Crippen LogP contribution in [-0.4, -0.2) is 52.7 Å². The lowest BCUT2D eigenvalue weighted by Crippen LogP contribution is -2.44. The van der Waals surface area contributed by atoms with Gasteiger partial charge in [-0.1, -0.05) is 6.07 Å². The molecule has 3 rings (SSSR count). The number of carbonyl (C=O) groups excluding carboxylic acids is 1. The number of amides is 1. The minimum absolute atomic E-state index is 0.0322. The number of carboxylic acid groups (broad SMARTS) is 1. The number of rotatable bonds is 3. The summed E-state index contributed by atoms with van der Waals surface area (Å²) in [7, 11) is 1.32. The molecule has 0 aliphatic carbocycles. The van der Waals surface area contributed by atoms with Gasteiger partial charge in [0.25, 0.3) is 5.91 Å². The van der Waals surface area contributed by atoms with Gasteiger partial charge in [0.05, 0.1) is 6.54 Å². The highest BCUT2D eigenvalue weighted by atomic mass is 19.1. The molecule has 0 radical (unpaired) electrons. The number of methoxy groups -OCH3 is 1. The molecule has 1 unspecified atom stereocenters. The minimum Gasteiger partial charge on any atom is -0.479 e. The number of H-pyrrole nitrogens is 1. The maximum atomic E-state index is 13.7. The third-order valence-corrected chi connectivity index (χ3v) is 4.14. The Morgan fingerprint density at radius 2 is 2.23 bits per heavy atom. The van der Waals surface area contributed by atoms with Crippen LogP contribution in [0, 0.1) is 5.82 Å². The lowest BCUT2D eigenvalue weighted by molar-refractivity contribution is -0.160.